The highest BCUT2D eigenvalue weighted by molar-refractivity contribution is 5.87. The lowest BCUT2D eigenvalue weighted by atomic mass is 9.98. The minimum Gasteiger partial charge on any atom is -0.463 e. The van der Waals surface area contributed by atoms with Gasteiger partial charge >= 0.3 is 35.8 Å². The Hall–Kier alpha value is -5.46. The third kappa shape index (κ3) is 12.3. The second kappa shape index (κ2) is 19.7. The summed E-state index contributed by atoms with van der Waals surface area (Å²) >= 11 is 0. The van der Waals surface area contributed by atoms with E-state index in [0.29, 0.717) is 11.1 Å². The van der Waals surface area contributed by atoms with Crippen molar-refractivity contribution < 1.29 is 81.6 Å². The molecule has 0 saturated carbocycles. The summed E-state index contributed by atoms with van der Waals surface area (Å²) in [5.41, 5.74) is 1.31. The predicted octanol–water partition coefficient (Wildman–Crippen LogP) is 1.42. The Morgan fingerprint density at radius 3 is 1.71 bits per heavy atom. The number of rotatable bonds is 15. The maximum atomic E-state index is 13.3. The average Bonchev–Trinajstić information content (AvgIpc) is 3.39. The molecule has 0 amide bonds. The van der Waals surface area contributed by atoms with Crippen LogP contribution >= 0.6 is 0 Å². The van der Waals surface area contributed by atoms with Gasteiger partial charge in [-0.15, -0.1) is 0 Å². The van der Waals surface area contributed by atoms with Gasteiger partial charge in [0.05, 0.1) is 0 Å². The van der Waals surface area contributed by atoms with Crippen molar-refractivity contribution in [3.05, 3.63) is 83.9 Å². The van der Waals surface area contributed by atoms with E-state index in [9.17, 15) is 39.0 Å². The van der Waals surface area contributed by atoms with E-state index in [2.05, 4.69) is 0 Å². The molecule has 2 aromatic rings. The molecule has 0 radical (unpaired) electrons. The summed E-state index contributed by atoms with van der Waals surface area (Å²) in [6.07, 6.45) is -8.86. The molecule has 2 aliphatic rings. The van der Waals surface area contributed by atoms with E-state index in [4.69, 9.17) is 42.6 Å². The highest BCUT2D eigenvalue weighted by Crippen LogP contribution is 2.40. The van der Waals surface area contributed by atoms with E-state index in [-0.39, 0.29) is 0 Å². The molecular formula is C38H42O17. The summed E-state index contributed by atoms with van der Waals surface area (Å²) in [6, 6.07) is 17.5. The van der Waals surface area contributed by atoms with Crippen molar-refractivity contribution in [1.82, 2.24) is 0 Å². The van der Waals surface area contributed by atoms with Crippen molar-refractivity contribution in [3.8, 4) is 0 Å². The molecule has 2 fully saturated rings. The largest absolute Gasteiger partial charge is 0.463 e. The molecule has 2 N–H and O–H groups in total. The molecular weight excluding hydrogens is 728 g/mol. The van der Waals surface area contributed by atoms with Crippen LogP contribution in [0.15, 0.2) is 72.8 Å². The van der Waals surface area contributed by atoms with Gasteiger partial charge in [-0.3, -0.25) is 19.2 Å². The zero-order chi connectivity index (χ0) is 40.1. The summed E-state index contributed by atoms with van der Waals surface area (Å²) in [5, 5.41) is 23.0. The Bertz CT molecular complexity index is 1710. The van der Waals surface area contributed by atoms with Gasteiger partial charge in [-0.2, -0.15) is 0 Å². The Morgan fingerprint density at radius 1 is 0.636 bits per heavy atom. The Morgan fingerprint density at radius 2 is 1.16 bits per heavy atom. The highest BCUT2D eigenvalue weighted by atomic mass is 16.8. The number of hydrogen-bond donors (Lipinski definition) is 2. The number of aliphatic hydroxyl groups is 2. The average molecular weight is 771 g/mol. The molecule has 0 aromatic heterocycles. The smallest absolute Gasteiger partial charge is 0.331 e. The van der Waals surface area contributed by atoms with Crippen molar-refractivity contribution in [2.24, 2.45) is 0 Å². The fourth-order valence-electron chi connectivity index (χ4n) is 5.60. The van der Waals surface area contributed by atoms with E-state index in [1.165, 1.54) is 12.2 Å². The fraction of sp³-hybridized carbons (Fsp3) is 0.421. The Balaban J connectivity index is 1.71. The van der Waals surface area contributed by atoms with Crippen LogP contribution in [0.1, 0.15) is 38.8 Å². The highest BCUT2D eigenvalue weighted by Gasteiger charge is 2.63. The van der Waals surface area contributed by atoms with Crippen LogP contribution in [0.5, 0.6) is 0 Å². The van der Waals surface area contributed by atoms with Crippen LogP contribution in [0.25, 0.3) is 12.2 Å². The van der Waals surface area contributed by atoms with Gasteiger partial charge in [0.1, 0.15) is 44.2 Å². The van der Waals surface area contributed by atoms with Gasteiger partial charge in [-0.05, 0) is 23.3 Å². The third-order valence-corrected chi connectivity index (χ3v) is 8.00. The van der Waals surface area contributed by atoms with Gasteiger partial charge in [0, 0.05) is 39.8 Å². The van der Waals surface area contributed by atoms with Crippen LogP contribution in [-0.4, -0.2) is 121 Å². The second-order valence-electron chi connectivity index (χ2n) is 12.3. The van der Waals surface area contributed by atoms with Crippen molar-refractivity contribution >= 4 is 48.0 Å². The van der Waals surface area contributed by atoms with Gasteiger partial charge < -0.3 is 52.8 Å². The predicted molar refractivity (Wildman–Crippen MR) is 186 cm³/mol. The van der Waals surface area contributed by atoms with E-state index in [0.717, 1.165) is 39.8 Å². The van der Waals surface area contributed by atoms with E-state index in [1.807, 2.05) is 0 Å². The minimum absolute atomic E-state index is 0.602. The van der Waals surface area contributed by atoms with Gasteiger partial charge in [0.2, 0.25) is 12.1 Å². The molecule has 2 saturated heterocycles. The number of aliphatic hydroxyl groups excluding tert-OH is 2. The molecule has 2 aliphatic heterocycles. The van der Waals surface area contributed by atoms with Crippen LogP contribution in [0.2, 0.25) is 0 Å². The summed E-state index contributed by atoms with van der Waals surface area (Å²) in [6.45, 7) is 2.01. The SMILES string of the molecule is CC(=O)OC[C@H]1O[C@H](O[C@@]2(COC(C)=O)O[C@@H](COC(=O)/C=C/c3ccccc3)[C@H](O)[C@H]2OC(=O)/C=C/c2ccccc2)[C@H](OC(C)=O)[C@@H](O)[C@@H]1OC(C)=O. The number of benzene rings is 2. The Kier molecular flexibility index (Phi) is 15.2. The molecule has 4 rings (SSSR count). The molecule has 2 heterocycles. The molecule has 0 spiro atoms. The maximum Gasteiger partial charge on any atom is 0.331 e. The van der Waals surface area contributed by atoms with Crippen molar-refractivity contribution in [3.63, 3.8) is 0 Å². The quantitative estimate of drug-likeness (QED) is 0.148. The van der Waals surface area contributed by atoms with Gasteiger partial charge in [0.15, 0.2) is 18.3 Å². The lowest BCUT2D eigenvalue weighted by Gasteiger charge is -2.45. The molecule has 9 atom stereocenters. The molecule has 0 unspecified atom stereocenters. The molecule has 0 aliphatic carbocycles. The third-order valence-electron chi connectivity index (χ3n) is 8.00. The van der Waals surface area contributed by atoms with Crippen LogP contribution < -0.4 is 0 Å². The zero-order valence-corrected chi connectivity index (χ0v) is 30.3. The summed E-state index contributed by atoms with van der Waals surface area (Å²) in [7, 11) is 0. The first-order chi connectivity index (χ1) is 26.2. The van der Waals surface area contributed by atoms with Gasteiger partial charge in [0.25, 0.3) is 0 Å². The van der Waals surface area contributed by atoms with Crippen molar-refractivity contribution in [2.75, 3.05) is 19.8 Å². The van der Waals surface area contributed by atoms with Crippen LogP contribution in [0.4, 0.5) is 0 Å². The number of hydrogen-bond acceptors (Lipinski definition) is 17. The summed E-state index contributed by atoms with van der Waals surface area (Å²) in [4.78, 5) is 74.1. The first-order valence-electron chi connectivity index (χ1n) is 17.0. The molecule has 296 valence electrons. The fourth-order valence-corrected chi connectivity index (χ4v) is 5.60. The molecule has 17 nitrogen and oxygen atoms in total. The second-order valence-corrected chi connectivity index (χ2v) is 12.3. The first-order valence-corrected chi connectivity index (χ1v) is 17.0. The summed E-state index contributed by atoms with van der Waals surface area (Å²) in [5.74, 6) is -7.86. The summed E-state index contributed by atoms with van der Waals surface area (Å²) < 4.78 is 50.1. The van der Waals surface area contributed by atoms with Gasteiger partial charge in [-0.1, -0.05) is 60.7 Å². The lowest BCUT2D eigenvalue weighted by molar-refractivity contribution is -0.384. The molecule has 17 heteroatoms. The topological polar surface area (TPSA) is 226 Å². The minimum atomic E-state index is -2.53. The van der Waals surface area contributed by atoms with Gasteiger partial charge in [-0.25, -0.2) is 9.59 Å². The number of esters is 6. The van der Waals surface area contributed by atoms with Crippen LogP contribution in [0.3, 0.4) is 0 Å². The maximum absolute atomic E-state index is 13.3. The number of ether oxygens (including phenoxy) is 9. The van der Waals surface area contributed by atoms with Crippen LogP contribution in [0, 0.1) is 0 Å². The normalized spacial score (nSPS) is 27.6. The van der Waals surface area contributed by atoms with Crippen molar-refractivity contribution in [1.29, 1.82) is 0 Å². The molecule has 0 bridgehead atoms. The monoisotopic (exact) mass is 770 g/mol. The van der Waals surface area contributed by atoms with E-state index in [1.54, 1.807) is 60.7 Å². The van der Waals surface area contributed by atoms with Crippen LogP contribution in [-0.2, 0) is 71.4 Å². The molecule has 55 heavy (non-hydrogen) atoms. The van der Waals surface area contributed by atoms with Crippen molar-refractivity contribution in [2.45, 2.75) is 82.5 Å². The number of carbonyl (C=O) groups excluding carboxylic acids is 6. The standard InChI is InChI=1S/C38H42O17/c1-22(39)47-20-29-34(50-24(3)41)33(46)35(51-25(4)42)37(52-29)55-38(21-49-23(2)40)36(53-31(44)18-16-27-13-9-6-10-14-27)32(45)28(54-38)19-48-30(43)17-15-26-11-7-5-8-12-26/h5-18,28-29,32-37,45-46H,19-21H2,1-4H3/b17-15+,18-16+/t28-,29+,32-,33-,34+,35+,36+,37+,38+/m0/s1. The number of carbonyl (C=O) groups is 6. The van der Waals surface area contributed by atoms with E-state index >= 15 is 0 Å². The Labute approximate surface area is 315 Å². The lowest BCUT2D eigenvalue weighted by Crippen LogP contribution is -2.65. The zero-order valence-electron chi connectivity index (χ0n) is 30.3. The molecule has 2 aromatic carbocycles. The van der Waals surface area contributed by atoms with E-state index < -0.39 is 110 Å². The first kappa shape index (κ1) is 42.3.